The third-order valence-corrected chi connectivity index (χ3v) is 2.53. The van der Waals surface area contributed by atoms with Crippen LogP contribution in [-0.4, -0.2) is 4.98 Å². The van der Waals surface area contributed by atoms with Crippen LogP contribution in [0.1, 0.15) is 51.8 Å². The molecule has 0 unspecified atom stereocenters. The van der Waals surface area contributed by atoms with Gasteiger partial charge in [-0.25, -0.2) is 0 Å². The maximum absolute atomic E-state index is 6.20. The van der Waals surface area contributed by atoms with Gasteiger partial charge in [0.2, 0.25) is 0 Å². The summed E-state index contributed by atoms with van der Waals surface area (Å²) in [6.07, 6.45) is 1.93. The van der Waals surface area contributed by atoms with E-state index in [4.69, 9.17) is 11.6 Å². The van der Waals surface area contributed by atoms with Gasteiger partial charge in [0.25, 0.3) is 0 Å². The Labute approximate surface area is 91.5 Å². The van der Waals surface area contributed by atoms with E-state index in [-0.39, 0.29) is 5.41 Å². The summed E-state index contributed by atoms with van der Waals surface area (Å²) in [6, 6.07) is 2.03. The zero-order valence-corrected chi connectivity index (χ0v) is 10.3. The molecule has 1 rings (SSSR count). The summed E-state index contributed by atoms with van der Waals surface area (Å²) < 4.78 is 0. The lowest BCUT2D eigenvalue weighted by Crippen LogP contribution is -2.14. The van der Waals surface area contributed by atoms with E-state index >= 15 is 0 Å². The van der Waals surface area contributed by atoms with Crippen LogP contribution in [-0.2, 0) is 5.41 Å². The minimum absolute atomic E-state index is 0.0204. The highest BCUT2D eigenvalue weighted by atomic mass is 35.5. The lowest BCUT2D eigenvalue weighted by atomic mass is 9.91. The largest absolute Gasteiger partial charge is 0.259 e. The van der Waals surface area contributed by atoms with Gasteiger partial charge in [-0.3, -0.25) is 4.98 Å². The molecule has 0 fully saturated rings. The molecule has 0 bridgehead atoms. The van der Waals surface area contributed by atoms with Crippen molar-refractivity contribution in [3.8, 4) is 0 Å². The van der Waals surface area contributed by atoms with E-state index in [1.807, 2.05) is 12.3 Å². The van der Waals surface area contributed by atoms with Crippen LogP contribution in [0.3, 0.4) is 0 Å². The molecule has 0 aliphatic heterocycles. The zero-order valence-electron chi connectivity index (χ0n) is 9.56. The Bertz CT molecular complexity index is 324. The molecule has 1 nitrogen and oxygen atoms in total. The van der Waals surface area contributed by atoms with Gasteiger partial charge in [0.15, 0.2) is 0 Å². The van der Waals surface area contributed by atoms with Crippen LogP contribution in [0, 0.1) is 0 Å². The second-order valence-electron chi connectivity index (χ2n) is 5.00. The van der Waals surface area contributed by atoms with Gasteiger partial charge in [-0.1, -0.05) is 46.2 Å². The summed E-state index contributed by atoms with van der Waals surface area (Å²) >= 11 is 6.20. The average Bonchev–Trinajstić information content (AvgIpc) is 2.01. The molecule has 0 spiro atoms. The van der Waals surface area contributed by atoms with E-state index in [2.05, 4.69) is 39.6 Å². The first kappa shape index (κ1) is 11.5. The highest BCUT2D eigenvalue weighted by molar-refractivity contribution is 6.31. The van der Waals surface area contributed by atoms with E-state index in [1.165, 1.54) is 5.56 Å². The Hall–Kier alpha value is -0.560. The maximum Gasteiger partial charge on any atom is 0.0643 e. The molecule has 0 N–H and O–H groups in total. The fraction of sp³-hybridized carbons (Fsp3) is 0.583. The van der Waals surface area contributed by atoms with Crippen molar-refractivity contribution in [1.29, 1.82) is 0 Å². The van der Waals surface area contributed by atoms with Crippen LogP contribution in [0.25, 0.3) is 0 Å². The van der Waals surface area contributed by atoms with Gasteiger partial charge in [-0.2, -0.15) is 0 Å². The van der Waals surface area contributed by atoms with E-state index in [0.717, 1.165) is 10.7 Å². The molecule has 0 amide bonds. The van der Waals surface area contributed by atoms with Crippen molar-refractivity contribution in [3.05, 3.63) is 28.5 Å². The lowest BCUT2D eigenvalue weighted by molar-refractivity contribution is 0.568. The maximum atomic E-state index is 6.20. The molecule has 1 aromatic rings. The molecule has 14 heavy (non-hydrogen) atoms. The minimum atomic E-state index is 0.0204. The molecule has 0 aliphatic carbocycles. The van der Waals surface area contributed by atoms with Gasteiger partial charge < -0.3 is 0 Å². The fourth-order valence-electron chi connectivity index (χ4n) is 1.32. The van der Waals surface area contributed by atoms with Gasteiger partial charge in [-0.15, -0.1) is 0 Å². The molecule has 0 aliphatic rings. The monoisotopic (exact) mass is 211 g/mol. The number of aromatic nitrogens is 1. The number of hydrogen-bond donors (Lipinski definition) is 0. The van der Waals surface area contributed by atoms with Crippen molar-refractivity contribution < 1.29 is 0 Å². The smallest absolute Gasteiger partial charge is 0.0643 e. The highest BCUT2D eigenvalue weighted by Crippen LogP contribution is 2.29. The van der Waals surface area contributed by atoms with Crippen molar-refractivity contribution in [3.63, 3.8) is 0 Å². The van der Waals surface area contributed by atoms with Gasteiger partial charge >= 0.3 is 0 Å². The number of halogens is 1. The van der Waals surface area contributed by atoms with Crippen LogP contribution in [0.15, 0.2) is 12.3 Å². The predicted molar refractivity (Wildman–Crippen MR) is 62.0 cm³/mol. The van der Waals surface area contributed by atoms with Crippen molar-refractivity contribution in [1.82, 2.24) is 4.98 Å². The molecule has 1 aromatic heterocycles. The second-order valence-corrected chi connectivity index (χ2v) is 5.41. The zero-order chi connectivity index (χ0) is 10.9. The predicted octanol–water partition coefficient (Wildman–Crippen LogP) is 4.16. The Morgan fingerprint density at radius 3 is 2.21 bits per heavy atom. The second kappa shape index (κ2) is 3.90. The first-order chi connectivity index (χ1) is 6.32. The van der Waals surface area contributed by atoms with Crippen molar-refractivity contribution in [2.75, 3.05) is 0 Å². The molecule has 0 radical (unpaired) electrons. The quantitative estimate of drug-likeness (QED) is 0.680. The molecule has 2 heteroatoms. The van der Waals surface area contributed by atoms with Crippen LogP contribution in [0.2, 0.25) is 5.02 Å². The summed E-state index contributed by atoms with van der Waals surface area (Å²) in [7, 11) is 0. The molecule has 0 saturated carbocycles. The molecular weight excluding hydrogens is 194 g/mol. The van der Waals surface area contributed by atoms with E-state index < -0.39 is 0 Å². The van der Waals surface area contributed by atoms with Crippen molar-refractivity contribution in [2.24, 2.45) is 0 Å². The number of rotatable bonds is 1. The highest BCUT2D eigenvalue weighted by Gasteiger charge is 2.19. The fourth-order valence-corrected chi connectivity index (χ4v) is 1.78. The average molecular weight is 212 g/mol. The molecule has 0 aromatic carbocycles. The normalized spacial score (nSPS) is 12.2. The van der Waals surface area contributed by atoms with Crippen LogP contribution >= 0.6 is 11.6 Å². The summed E-state index contributed by atoms with van der Waals surface area (Å²) in [5, 5.41) is 0.781. The first-order valence-electron chi connectivity index (χ1n) is 4.98. The molecule has 1 heterocycles. The Morgan fingerprint density at radius 1 is 1.29 bits per heavy atom. The van der Waals surface area contributed by atoms with E-state index in [0.29, 0.717) is 5.92 Å². The number of hydrogen-bond acceptors (Lipinski definition) is 1. The Kier molecular flexibility index (Phi) is 3.20. The third kappa shape index (κ3) is 2.48. The van der Waals surface area contributed by atoms with Gasteiger partial charge in [-0.05, 0) is 17.5 Å². The van der Waals surface area contributed by atoms with Crippen molar-refractivity contribution in [2.45, 2.75) is 46.0 Å². The topological polar surface area (TPSA) is 12.9 Å². The van der Waals surface area contributed by atoms with Gasteiger partial charge in [0.1, 0.15) is 0 Å². The molecular formula is C12H18ClN. The van der Waals surface area contributed by atoms with Crippen LogP contribution in [0.5, 0.6) is 0 Å². The summed E-state index contributed by atoms with van der Waals surface area (Å²) in [4.78, 5) is 4.44. The summed E-state index contributed by atoms with van der Waals surface area (Å²) in [5.41, 5.74) is 2.19. The SMILES string of the molecule is CC(C)c1cnc(C(C)(C)C)c(Cl)c1. The Balaban J connectivity index is 3.15. The molecule has 78 valence electrons. The van der Waals surface area contributed by atoms with E-state index in [9.17, 15) is 0 Å². The minimum Gasteiger partial charge on any atom is -0.259 e. The van der Waals surface area contributed by atoms with Gasteiger partial charge in [0.05, 0.1) is 10.7 Å². The lowest BCUT2D eigenvalue weighted by Gasteiger charge is -2.20. The molecule has 0 saturated heterocycles. The number of nitrogens with zero attached hydrogens (tertiary/aromatic N) is 1. The van der Waals surface area contributed by atoms with E-state index in [1.54, 1.807) is 0 Å². The molecule has 0 atom stereocenters. The van der Waals surface area contributed by atoms with Crippen LogP contribution in [0.4, 0.5) is 0 Å². The summed E-state index contributed by atoms with van der Waals surface area (Å²) in [5.74, 6) is 0.481. The Morgan fingerprint density at radius 2 is 1.86 bits per heavy atom. The standard InChI is InChI=1S/C12H18ClN/c1-8(2)9-6-10(13)11(14-7-9)12(3,4)5/h6-8H,1-5H3. The summed E-state index contributed by atoms with van der Waals surface area (Å²) in [6.45, 7) is 10.6. The third-order valence-electron chi connectivity index (χ3n) is 2.24. The first-order valence-corrected chi connectivity index (χ1v) is 5.36. The van der Waals surface area contributed by atoms with Crippen LogP contribution < -0.4 is 0 Å². The number of pyridine rings is 1. The van der Waals surface area contributed by atoms with Gasteiger partial charge in [0, 0.05) is 11.6 Å². The van der Waals surface area contributed by atoms with Crippen molar-refractivity contribution >= 4 is 11.6 Å².